The van der Waals surface area contributed by atoms with E-state index in [0.717, 1.165) is 24.4 Å². The van der Waals surface area contributed by atoms with Gasteiger partial charge in [0.25, 0.3) is 6.02 Å². The zero-order valence-electron chi connectivity index (χ0n) is 15.1. The molecule has 1 atom stereocenters. The Bertz CT molecular complexity index is 964. The van der Waals surface area contributed by atoms with Crippen molar-refractivity contribution in [2.75, 3.05) is 11.9 Å². The molecule has 0 aliphatic carbocycles. The van der Waals surface area contributed by atoms with Crippen molar-refractivity contribution >= 4 is 17.8 Å². The molecule has 3 rings (SSSR count). The molecule has 154 valence electrons. The van der Waals surface area contributed by atoms with Crippen LogP contribution in [0.3, 0.4) is 0 Å². The maximum atomic E-state index is 14.4. The summed E-state index contributed by atoms with van der Waals surface area (Å²) >= 11 is 0. The Labute approximate surface area is 162 Å². The van der Waals surface area contributed by atoms with Crippen LogP contribution in [0.2, 0.25) is 0 Å². The van der Waals surface area contributed by atoms with Crippen LogP contribution in [0, 0.1) is 5.82 Å². The predicted molar refractivity (Wildman–Crippen MR) is 94.8 cm³/mol. The first kappa shape index (κ1) is 20.4. The second kappa shape index (κ2) is 7.57. The van der Waals surface area contributed by atoms with Gasteiger partial charge in [0, 0.05) is 23.9 Å². The van der Waals surface area contributed by atoms with Crippen LogP contribution in [-0.4, -0.2) is 23.7 Å². The lowest BCUT2D eigenvalue weighted by Crippen LogP contribution is -2.34. The second-order valence-corrected chi connectivity index (χ2v) is 6.39. The molecule has 3 N–H and O–H groups in total. The standard InChI is InChI=1S/C18H16F4N4O3/c1-17(6-8-28-15(23)26-17)12-9-10(4-5-13(12)19)25-16(27)29-14-11(18(20,21)22)3-2-7-24-14/h2-5,7,9H,6,8H2,1H3,(H2,23,26)(H,25,27)/t17-/m0/s1. The highest BCUT2D eigenvalue weighted by Crippen LogP contribution is 2.36. The fraction of sp³-hybridized carbons (Fsp3) is 0.278. The van der Waals surface area contributed by atoms with E-state index in [2.05, 4.69) is 15.3 Å². The Morgan fingerprint density at radius 1 is 1.34 bits per heavy atom. The molecule has 7 nitrogen and oxygen atoms in total. The summed E-state index contributed by atoms with van der Waals surface area (Å²) in [5, 5.41) is 2.26. The van der Waals surface area contributed by atoms with Gasteiger partial charge in [0.15, 0.2) is 0 Å². The first-order valence-electron chi connectivity index (χ1n) is 8.38. The Hall–Kier alpha value is -3.37. The number of anilines is 1. The number of amidine groups is 1. The van der Waals surface area contributed by atoms with E-state index < -0.39 is 35.1 Å². The Morgan fingerprint density at radius 2 is 2.10 bits per heavy atom. The molecule has 29 heavy (non-hydrogen) atoms. The number of ether oxygens (including phenoxy) is 2. The molecular formula is C18H16F4N4O3. The van der Waals surface area contributed by atoms with Gasteiger partial charge in [-0.15, -0.1) is 0 Å². The number of aromatic nitrogens is 1. The number of aliphatic imine (C=N–C) groups is 1. The highest BCUT2D eigenvalue weighted by atomic mass is 19.4. The highest BCUT2D eigenvalue weighted by molar-refractivity contribution is 5.86. The van der Waals surface area contributed by atoms with E-state index >= 15 is 0 Å². The predicted octanol–water partition coefficient (Wildman–Crippen LogP) is 3.80. The summed E-state index contributed by atoms with van der Waals surface area (Å²) in [6, 6.07) is 5.35. The third-order valence-corrected chi connectivity index (χ3v) is 4.25. The number of carbonyl (C=O) groups excluding carboxylic acids is 1. The minimum Gasteiger partial charge on any atom is -0.465 e. The molecule has 0 radical (unpaired) electrons. The summed E-state index contributed by atoms with van der Waals surface area (Å²) in [4.78, 5) is 19.6. The number of nitrogens with one attached hydrogen (secondary N) is 1. The van der Waals surface area contributed by atoms with Crippen molar-refractivity contribution in [1.82, 2.24) is 4.98 Å². The molecule has 1 aromatic heterocycles. The van der Waals surface area contributed by atoms with Crippen LogP contribution in [0.15, 0.2) is 41.5 Å². The number of rotatable bonds is 3. The zero-order chi connectivity index (χ0) is 21.2. The van der Waals surface area contributed by atoms with Crippen LogP contribution in [0.4, 0.5) is 28.0 Å². The molecule has 0 bridgehead atoms. The summed E-state index contributed by atoms with van der Waals surface area (Å²) in [6.07, 6.45) is -4.57. The lowest BCUT2D eigenvalue weighted by atomic mass is 9.88. The Morgan fingerprint density at radius 3 is 2.79 bits per heavy atom. The average Bonchev–Trinajstić information content (AvgIpc) is 2.62. The van der Waals surface area contributed by atoms with Crippen LogP contribution in [-0.2, 0) is 16.5 Å². The van der Waals surface area contributed by atoms with Crippen LogP contribution in [0.1, 0.15) is 24.5 Å². The van der Waals surface area contributed by atoms with Gasteiger partial charge in [-0.2, -0.15) is 13.2 Å². The molecule has 0 fully saturated rings. The van der Waals surface area contributed by atoms with Crippen molar-refractivity contribution in [2.45, 2.75) is 25.1 Å². The maximum Gasteiger partial charge on any atom is 0.421 e. The molecule has 0 unspecified atom stereocenters. The van der Waals surface area contributed by atoms with Gasteiger partial charge in [-0.1, -0.05) is 0 Å². The number of benzene rings is 1. The van der Waals surface area contributed by atoms with Gasteiger partial charge in [-0.3, -0.25) is 5.32 Å². The number of carbonyl (C=O) groups is 1. The second-order valence-electron chi connectivity index (χ2n) is 6.39. The average molecular weight is 412 g/mol. The van der Waals surface area contributed by atoms with Crippen LogP contribution in [0.5, 0.6) is 5.88 Å². The number of amides is 1. The number of halogens is 4. The summed E-state index contributed by atoms with van der Waals surface area (Å²) in [7, 11) is 0. The van der Waals surface area contributed by atoms with Crippen molar-refractivity contribution in [3.05, 3.63) is 53.5 Å². The van der Waals surface area contributed by atoms with E-state index in [1.54, 1.807) is 6.92 Å². The molecule has 0 spiro atoms. The molecule has 1 aliphatic heterocycles. The largest absolute Gasteiger partial charge is 0.465 e. The van der Waals surface area contributed by atoms with Crippen molar-refractivity contribution in [3.8, 4) is 5.88 Å². The SMILES string of the molecule is C[C@@]1(c2cc(NC(=O)Oc3ncccc3C(F)(F)F)ccc2F)CCOC(N)=N1. The smallest absolute Gasteiger partial charge is 0.421 e. The minimum absolute atomic E-state index is 0.0919. The molecule has 0 saturated heterocycles. The first-order chi connectivity index (χ1) is 13.6. The van der Waals surface area contributed by atoms with E-state index in [0.29, 0.717) is 6.42 Å². The maximum absolute atomic E-state index is 14.4. The van der Waals surface area contributed by atoms with Crippen molar-refractivity contribution < 1.29 is 31.8 Å². The Balaban J connectivity index is 1.82. The lowest BCUT2D eigenvalue weighted by Gasteiger charge is -2.30. The van der Waals surface area contributed by atoms with E-state index in [9.17, 15) is 22.4 Å². The number of hydrogen-bond donors (Lipinski definition) is 2. The number of alkyl halides is 3. The van der Waals surface area contributed by atoms with E-state index in [4.69, 9.17) is 15.2 Å². The normalized spacial score (nSPS) is 19.1. The lowest BCUT2D eigenvalue weighted by molar-refractivity contribution is -0.138. The van der Waals surface area contributed by atoms with E-state index in [-0.39, 0.29) is 23.9 Å². The van der Waals surface area contributed by atoms with Gasteiger partial charge in [-0.05, 0) is 37.3 Å². The number of hydrogen-bond acceptors (Lipinski definition) is 6. The molecule has 1 aromatic carbocycles. The fourth-order valence-electron chi connectivity index (χ4n) is 2.82. The molecular weight excluding hydrogens is 396 g/mol. The summed E-state index contributed by atoms with van der Waals surface area (Å²) < 4.78 is 63.0. The summed E-state index contributed by atoms with van der Waals surface area (Å²) in [5.41, 5.74) is 3.57. The quantitative estimate of drug-likeness (QED) is 0.748. The van der Waals surface area contributed by atoms with Crippen molar-refractivity contribution in [3.63, 3.8) is 0 Å². The minimum atomic E-state index is -4.75. The van der Waals surface area contributed by atoms with Gasteiger partial charge in [0.05, 0.1) is 12.1 Å². The number of nitrogens with zero attached hydrogens (tertiary/aromatic N) is 2. The van der Waals surface area contributed by atoms with Gasteiger partial charge in [0.2, 0.25) is 5.88 Å². The van der Waals surface area contributed by atoms with Crippen molar-refractivity contribution in [2.24, 2.45) is 10.7 Å². The van der Waals surface area contributed by atoms with E-state index in [1.165, 1.54) is 12.1 Å². The third-order valence-electron chi connectivity index (χ3n) is 4.25. The van der Waals surface area contributed by atoms with Crippen LogP contribution in [0.25, 0.3) is 0 Å². The molecule has 1 amide bonds. The first-order valence-corrected chi connectivity index (χ1v) is 8.38. The number of nitrogens with two attached hydrogens (primary N) is 1. The summed E-state index contributed by atoms with van der Waals surface area (Å²) in [5.74, 6) is -1.48. The molecule has 2 heterocycles. The van der Waals surface area contributed by atoms with Gasteiger partial charge < -0.3 is 15.2 Å². The van der Waals surface area contributed by atoms with Crippen LogP contribution >= 0.6 is 0 Å². The van der Waals surface area contributed by atoms with E-state index in [1.807, 2.05) is 0 Å². The monoisotopic (exact) mass is 412 g/mol. The summed E-state index contributed by atoms with van der Waals surface area (Å²) in [6.45, 7) is 1.87. The molecule has 11 heteroatoms. The fourth-order valence-corrected chi connectivity index (χ4v) is 2.82. The molecule has 1 aliphatic rings. The topological polar surface area (TPSA) is 98.8 Å². The van der Waals surface area contributed by atoms with Gasteiger partial charge in [0.1, 0.15) is 11.4 Å². The van der Waals surface area contributed by atoms with Gasteiger partial charge >= 0.3 is 12.3 Å². The zero-order valence-corrected chi connectivity index (χ0v) is 15.1. The van der Waals surface area contributed by atoms with Crippen molar-refractivity contribution in [1.29, 1.82) is 0 Å². The van der Waals surface area contributed by atoms with Gasteiger partial charge in [-0.25, -0.2) is 19.2 Å². The highest BCUT2D eigenvalue weighted by Gasteiger charge is 2.36. The van der Waals surface area contributed by atoms with Crippen LogP contribution < -0.4 is 15.8 Å². The molecule has 0 saturated carbocycles. The molecule has 2 aromatic rings. The Kier molecular flexibility index (Phi) is 5.31. The third kappa shape index (κ3) is 4.55. The number of pyridine rings is 1.